The second kappa shape index (κ2) is 6.01. The zero-order valence-electron chi connectivity index (χ0n) is 13.8. The minimum absolute atomic E-state index is 0.106. The summed E-state index contributed by atoms with van der Waals surface area (Å²) in [6, 6.07) is 2.14. The molecular formula is C16H16ClF3N4O. The second-order valence-corrected chi connectivity index (χ2v) is 6.57. The molecule has 0 bridgehead atoms. The average Bonchev–Trinajstić information content (AvgIpc) is 3.07. The van der Waals surface area contributed by atoms with Crippen LogP contribution in [-0.4, -0.2) is 26.7 Å². The third kappa shape index (κ3) is 3.22. The summed E-state index contributed by atoms with van der Waals surface area (Å²) >= 11 is 6.35. The summed E-state index contributed by atoms with van der Waals surface area (Å²) in [5, 5.41) is 0.449. The molecule has 1 unspecified atom stereocenters. The van der Waals surface area contributed by atoms with Crippen molar-refractivity contribution >= 4 is 17.4 Å². The molecule has 1 aliphatic rings. The van der Waals surface area contributed by atoms with Crippen molar-refractivity contribution in [2.75, 3.05) is 4.90 Å². The third-order valence-electron chi connectivity index (χ3n) is 4.09. The summed E-state index contributed by atoms with van der Waals surface area (Å²) in [5.41, 5.74) is -0.521. The Hall–Kier alpha value is -2.09. The van der Waals surface area contributed by atoms with Crippen LogP contribution < -0.4 is 9.64 Å². The molecule has 1 atom stereocenters. The fraction of sp³-hybridized carbons (Fsp3) is 0.438. The first-order valence-electron chi connectivity index (χ1n) is 7.65. The number of halogens is 4. The van der Waals surface area contributed by atoms with E-state index in [1.54, 1.807) is 0 Å². The van der Waals surface area contributed by atoms with Gasteiger partial charge in [0.15, 0.2) is 12.0 Å². The van der Waals surface area contributed by atoms with E-state index >= 15 is 0 Å². The Labute approximate surface area is 147 Å². The van der Waals surface area contributed by atoms with Crippen molar-refractivity contribution in [1.29, 1.82) is 0 Å². The van der Waals surface area contributed by atoms with Gasteiger partial charge in [-0.3, -0.25) is 0 Å². The Morgan fingerprint density at radius 3 is 2.52 bits per heavy atom. The maximum absolute atomic E-state index is 12.6. The van der Waals surface area contributed by atoms with Gasteiger partial charge in [0.2, 0.25) is 5.88 Å². The molecule has 2 aromatic heterocycles. The molecule has 1 fully saturated rings. The largest absolute Gasteiger partial charge is 0.451 e. The number of nitrogens with zero attached hydrogens (tertiary/aromatic N) is 4. The number of hydrogen-bond acceptors (Lipinski definition) is 5. The van der Waals surface area contributed by atoms with E-state index in [4.69, 9.17) is 16.3 Å². The molecule has 0 spiro atoms. The van der Waals surface area contributed by atoms with Gasteiger partial charge in [-0.15, -0.1) is 0 Å². The van der Waals surface area contributed by atoms with E-state index in [9.17, 15) is 13.2 Å². The predicted molar refractivity (Wildman–Crippen MR) is 86.6 cm³/mol. The van der Waals surface area contributed by atoms with Gasteiger partial charge in [0.25, 0.3) is 0 Å². The van der Waals surface area contributed by atoms with Gasteiger partial charge >= 0.3 is 6.18 Å². The van der Waals surface area contributed by atoms with Crippen molar-refractivity contribution in [3.05, 3.63) is 40.9 Å². The lowest BCUT2D eigenvalue weighted by molar-refractivity contribution is -0.137. The average molecular weight is 373 g/mol. The first-order valence-corrected chi connectivity index (χ1v) is 8.02. The van der Waals surface area contributed by atoms with Crippen molar-refractivity contribution in [1.82, 2.24) is 15.0 Å². The maximum atomic E-state index is 12.6. The first-order chi connectivity index (χ1) is 11.7. The summed E-state index contributed by atoms with van der Waals surface area (Å²) in [6.07, 6.45) is -2.02. The highest BCUT2D eigenvalue weighted by Crippen LogP contribution is 2.47. The molecule has 9 heteroatoms. The zero-order chi connectivity index (χ0) is 18.4. The van der Waals surface area contributed by atoms with E-state index in [0.29, 0.717) is 17.3 Å². The van der Waals surface area contributed by atoms with E-state index in [0.717, 1.165) is 18.0 Å². The standard InChI is InChI=1S/C16H16ClF3N4O/c1-4-10-12(17)13(23-8-22-10)24-14(15(24,2)3)25-11-6-5-9(7-21-11)16(18,19)20/h5-8,14H,4H2,1-3H3. The van der Waals surface area contributed by atoms with Crippen molar-refractivity contribution in [3.8, 4) is 5.88 Å². The zero-order valence-corrected chi connectivity index (χ0v) is 14.6. The molecule has 2 aromatic rings. The number of hydrogen-bond donors (Lipinski definition) is 0. The number of aromatic nitrogens is 3. The second-order valence-electron chi connectivity index (χ2n) is 6.19. The van der Waals surface area contributed by atoms with Crippen LogP contribution in [0.5, 0.6) is 5.88 Å². The van der Waals surface area contributed by atoms with Gasteiger partial charge in [0.05, 0.1) is 16.8 Å². The van der Waals surface area contributed by atoms with Crippen LogP contribution >= 0.6 is 11.6 Å². The Balaban J connectivity index is 1.80. The molecule has 1 saturated heterocycles. The Morgan fingerprint density at radius 1 is 1.24 bits per heavy atom. The Morgan fingerprint density at radius 2 is 1.96 bits per heavy atom. The minimum Gasteiger partial charge on any atom is -0.451 e. The van der Waals surface area contributed by atoms with Crippen molar-refractivity contribution in [3.63, 3.8) is 0 Å². The minimum atomic E-state index is -4.43. The number of pyridine rings is 1. The van der Waals surface area contributed by atoms with Crippen molar-refractivity contribution in [2.24, 2.45) is 0 Å². The quantitative estimate of drug-likeness (QED) is 0.756. The van der Waals surface area contributed by atoms with Crippen molar-refractivity contribution in [2.45, 2.75) is 45.1 Å². The maximum Gasteiger partial charge on any atom is 0.417 e. The number of aryl methyl sites for hydroxylation is 1. The highest BCUT2D eigenvalue weighted by Gasteiger charge is 2.60. The van der Waals surface area contributed by atoms with E-state index in [1.165, 1.54) is 12.4 Å². The number of rotatable bonds is 4. The number of alkyl halides is 3. The fourth-order valence-electron chi connectivity index (χ4n) is 2.57. The molecule has 1 aliphatic heterocycles. The summed E-state index contributed by atoms with van der Waals surface area (Å²) in [7, 11) is 0. The topological polar surface area (TPSA) is 50.9 Å². The molecule has 3 rings (SSSR count). The molecule has 0 amide bonds. The van der Waals surface area contributed by atoms with E-state index in [2.05, 4.69) is 15.0 Å². The van der Waals surface area contributed by atoms with Gasteiger partial charge in [-0.1, -0.05) is 18.5 Å². The SMILES string of the molecule is CCc1ncnc(N2C(Oc3ccc(C(F)(F)F)cn3)C2(C)C)c1Cl. The monoisotopic (exact) mass is 372 g/mol. The first kappa shape index (κ1) is 17.7. The highest BCUT2D eigenvalue weighted by molar-refractivity contribution is 6.33. The molecule has 0 saturated carbocycles. The molecule has 0 aromatic carbocycles. The molecule has 0 aliphatic carbocycles. The lowest BCUT2D eigenvalue weighted by Gasteiger charge is -2.10. The van der Waals surface area contributed by atoms with Crippen LogP contribution in [0, 0.1) is 0 Å². The highest BCUT2D eigenvalue weighted by atomic mass is 35.5. The normalized spacial score (nSPS) is 19.0. The molecule has 3 heterocycles. The van der Waals surface area contributed by atoms with Crippen LogP contribution in [0.1, 0.15) is 32.0 Å². The number of anilines is 1. The Bertz CT molecular complexity index is 780. The Kier molecular flexibility index (Phi) is 4.26. The van der Waals surface area contributed by atoms with Gasteiger partial charge in [-0.25, -0.2) is 15.0 Å². The van der Waals surface area contributed by atoms with E-state index < -0.39 is 23.5 Å². The molecule has 5 nitrogen and oxygen atoms in total. The van der Waals surface area contributed by atoms with Gasteiger partial charge in [0.1, 0.15) is 11.3 Å². The molecular weight excluding hydrogens is 357 g/mol. The van der Waals surface area contributed by atoms with Gasteiger partial charge in [0, 0.05) is 12.3 Å². The van der Waals surface area contributed by atoms with E-state index in [-0.39, 0.29) is 5.88 Å². The van der Waals surface area contributed by atoms with Crippen LogP contribution in [-0.2, 0) is 12.6 Å². The van der Waals surface area contributed by atoms with Crippen LogP contribution in [0.2, 0.25) is 5.02 Å². The van der Waals surface area contributed by atoms with Gasteiger partial charge < -0.3 is 9.64 Å². The lowest BCUT2D eigenvalue weighted by Crippen LogP contribution is -2.11. The van der Waals surface area contributed by atoms with Gasteiger partial charge in [-0.05, 0) is 26.3 Å². The smallest absolute Gasteiger partial charge is 0.417 e. The van der Waals surface area contributed by atoms with Crippen LogP contribution in [0.25, 0.3) is 0 Å². The molecule has 25 heavy (non-hydrogen) atoms. The predicted octanol–water partition coefficient (Wildman–Crippen LogP) is 4.11. The van der Waals surface area contributed by atoms with Crippen molar-refractivity contribution < 1.29 is 17.9 Å². The summed E-state index contributed by atoms with van der Waals surface area (Å²) in [6.45, 7) is 5.78. The number of ether oxygens (including phenoxy) is 1. The van der Waals surface area contributed by atoms with E-state index in [1.807, 2.05) is 25.7 Å². The molecule has 0 radical (unpaired) electrons. The van der Waals surface area contributed by atoms with Gasteiger partial charge in [-0.2, -0.15) is 13.2 Å². The third-order valence-corrected chi connectivity index (χ3v) is 4.48. The van der Waals surface area contributed by atoms with Crippen LogP contribution in [0.15, 0.2) is 24.7 Å². The molecule has 0 N–H and O–H groups in total. The van der Waals surface area contributed by atoms with Crippen LogP contribution in [0.3, 0.4) is 0 Å². The van der Waals surface area contributed by atoms with Crippen LogP contribution in [0.4, 0.5) is 19.0 Å². The summed E-state index contributed by atoms with van der Waals surface area (Å²) in [4.78, 5) is 13.9. The summed E-state index contributed by atoms with van der Waals surface area (Å²) < 4.78 is 43.5. The summed E-state index contributed by atoms with van der Waals surface area (Å²) in [5.74, 6) is 0.643. The lowest BCUT2D eigenvalue weighted by atomic mass is 10.2. The molecule has 134 valence electrons. The fourth-order valence-corrected chi connectivity index (χ4v) is 2.89.